The first-order valence-corrected chi connectivity index (χ1v) is 5.45. The monoisotopic (exact) mass is 261 g/mol. The van der Waals surface area contributed by atoms with Gasteiger partial charge in [0.05, 0.1) is 11.2 Å². The molecule has 19 heavy (non-hydrogen) atoms. The Bertz CT molecular complexity index is 745. The van der Waals surface area contributed by atoms with E-state index in [2.05, 4.69) is 0 Å². The second-order valence-electron chi connectivity index (χ2n) is 3.92. The Balaban J connectivity index is 2.98. The number of aliphatic carboxylic acids is 1. The van der Waals surface area contributed by atoms with Gasteiger partial charge in [-0.15, -0.1) is 0 Å². The van der Waals surface area contributed by atoms with Crippen LogP contribution in [0.4, 0.5) is 0 Å². The van der Waals surface area contributed by atoms with Crippen LogP contribution in [0, 0.1) is 6.92 Å². The molecule has 0 amide bonds. The highest BCUT2D eigenvalue weighted by molar-refractivity contribution is 6.40. The lowest BCUT2D eigenvalue weighted by Gasteiger charge is -2.14. The van der Waals surface area contributed by atoms with E-state index in [-0.39, 0.29) is 16.6 Å². The second-order valence-corrected chi connectivity index (χ2v) is 3.92. The Kier molecular flexibility index (Phi) is 3.08. The third-order valence-electron chi connectivity index (χ3n) is 2.86. The van der Waals surface area contributed by atoms with Crippen molar-refractivity contribution >= 4 is 22.7 Å². The Morgan fingerprint density at radius 3 is 2.47 bits per heavy atom. The number of pyridine rings is 1. The molecule has 0 bridgehead atoms. The SMILES string of the molecule is COn1c(C)c(C(=O)C(=O)O)c(=O)c2ccccc21. The van der Waals surface area contributed by atoms with E-state index in [0.717, 1.165) is 0 Å². The van der Waals surface area contributed by atoms with Crippen molar-refractivity contribution in [3.05, 3.63) is 45.7 Å². The van der Waals surface area contributed by atoms with Crippen LogP contribution in [0.1, 0.15) is 16.1 Å². The van der Waals surface area contributed by atoms with Crippen molar-refractivity contribution in [2.24, 2.45) is 0 Å². The molecular weight excluding hydrogens is 250 g/mol. The quantitative estimate of drug-likeness (QED) is 0.647. The van der Waals surface area contributed by atoms with Gasteiger partial charge >= 0.3 is 5.97 Å². The molecule has 1 N–H and O–H groups in total. The first-order valence-electron chi connectivity index (χ1n) is 5.45. The Labute approximate surface area is 107 Å². The molecular formula is C13H11NO5. The number of Topliss-reactive ketones (excluding diaryl/α,β-unsaturated/α-hetero) is 1. The Hall–Kier alpha value is -2.63. The molecule has 0 saturated carbocycles. The summed E-state index contributed by atoms with van der Waals surface area (Å²) in [5, 5.41) is 9.02. The summed E-state index contributed by atoms with van der Waals surface area (Å²) in [6.45, 7) is 1.47. The maximum Gasteiger partial charge on any atom is 0.377 e. The fraction of sp³-hybridized carbons (Fsp3) is 0.154. The van der Waals surface area contributed by atoms with E-state index < -0.39 is 17.2 Å². The molecule has 2 rings (SSSR count). The zero-order valence-corrected chi connectivity index (χ0v) is 10.3. The highest BCUT2D eigenvalue weighted by Gasteiger charge is 2.24. The van der Waals surface area contributed by atoms with Gasteiger partial charge in [0, 0.05) is 5.39 Å². The fourth-order valence-corrected chi connectivity index (χ4v) is 2.03. The van der Waals surface area contributed by atoms with Gasteiger partial charge in [-0.1, -0.05) is 12.1 Å². The van der Waals surface area contributed by atoms with Crippen LogP contribution >= 0.6 is 0 Å². The van der Waals surface area contributed by atoms with Crippen molar-refractivity contribution < 1.29 is 19.5 Å². The van der Waals surface area contributed by atoms with Crippen molar-refractivity contribution in [2.75, 3.05) is 7.11 Å². The lowest BCUT2D eigenvalue weighted by molar-refractivity contribution is -0.131. The van der Waals surface area contributed by atoms with E-state index in [9.17, 15) is 14.4 Å². The first-order chi connectivity index (χ1) is 8.99. The third-order valence-corrected chi connectivity index (χ3v) is 2.86. The number of aromatic nitrogens is 1. The minimum Gasteiger partial charge on any atom is -0.475 e. The lowest BCUT2D eigenvalue weighted by atomic mass is 10.1. The van der Waals surface area contributed by atoms with Crippen molar-refractivity contribution in [1.82, 2.24) is 4.73 Å². The molecule has 1 heterocycles. The molecule has 1 aromatic heterocycles. The molecule has 0 spiro atoms. The van der Waals surface area contributed by atoms with Gasteiger partial charge in [0.1, 0.15) is 12.7 Å². The summed E-state index contributed by atoms with van der Waals surface area (Å²) >= 11 is 0. The van der Waals surface area contributed by atoms with Gasteiger partial charge in [0.15, 0.2) is 0 Å². The third kappa shape index (κ3) is 1.87. The molecule has 0 aliphatic rings. The summed E-state index contributed by atoms with van der Waals surface area (Å²) in [6, 6.07) is 6.52. The van der Waals surface area contributed by atoms with Crippen LogP contribution in [0.15, 0.2) is 29.1 Å². The molecule has 1 aromatic carbocycles. The molecule has 0 aliphatic heterocycles. The standard InChI is InChI=1S/C13H11NO5/c1-7-10(12(16)13(17)18)11(15)8-5-3-4-6-9(8)14(7)19-2/h3-6H,1-2H3,(H,17,18). The summed E-state index contributed by atoms with van der Waals surface area (Å²) in [6.07, 6.45) is 0. The Morgan fingerprint density at radius 2 is 1.89 bits per heavy atom. The number of hydrogen-bond donors (Lipinski definition) is 1. The first kappa shape index (κ1) is 12.8. The van der Waals surface area contributed by atoms with Crippen LogP contribution in [-0.2, 0) is 4.79 Å². The van der Waals surface area contributed by atoms with Crippen LogP contribution in [0.5, 0.6) is 0 Å². The average molecular weight is 261 g/mol. The average Bonchev–Trinajstić information content (AvgIpc) is 2.39. The van der Waals surface area contributed by atoms with Gasteiger partial charge in [-0.3, -0.25) is 9.59 Å². The molecule has 0 unspecified atom stereocenters. The number of rotatable bonds is 3. The number of carboxylic acid groups (broad SMARTS) is 1. The lowest BCUT2D eigenvalue weighted by Crippen LogP contribution is -2.28. The van der Waals surface area contributed by atoms with Gasteiger partial charge in [0.25, 0.3) is 5.78 Å². The van der Waals surface area contributed by atoms with Crippen LogP contribution in [0.25, 0.3) is 10.9 Å². The van der Waals surface area contributed by atoms with Crippen molar-refractivity contribution in [3.8, 4) is 0 Å². The number of para-hydroxylation sites is 1. The number of carbonyl (C=O) groups excluding carboxylic acids is 1. The van der Waals surface area contributed by atoms with Gasteiger partial charge in [0.2, 0.25) is 5.43 Å². The highest BCUT2D eigenvalue weighted by atomic mass is 16.6. The number of benzene rings is 1. The summed E-state index contributed by atoms with van der Waals surface area (Å²) in [5.41, 5.74) is -0.338. The minimum absolute atomic E-state index is 0.165. The van der Waals surface area contributed by atoms with Crippen molar-refractivity contribution in [1.29, 1.82) is 0 Å². The summed E-state index contributed by atoms with van der Waals surface area (Å²) < 4.78 is 1.27. The normalized spacial score (nSPS) is 10.4. The van der Waals surface area contributed by atoms with Crippen LogP contribution < -0.4 is 10.3 Å². The molecule has 0 radical (unpaired) electrons. The zero-order valence-electron chi connectivity index (χ0n) is 10.3. The summed E-state index contributed by atoms with van der Waals surface area (Å²) in [4.78, 5) is 39.8. The molecule has 0 atom stereocenters. The number of hydrogen-bond acceptors (Lipinski definition) is 4. The van der Waals surface area contributed by atoms with E-state index in [1.54, 1.807) is 18.2 Å². The summed E-state index contributed by atoms with van der Waals surface area (Å²) in [5.74, 6) is -2.91. The van der Waals surface area contributed by atoms with E-state index in [0.29, 0.717) is 5.52 Å². The van der Waals surface area contributed by atoms with Gasteiger partial charge in [-0.2, -0.15) is 4.73 Å². The largest absolute Gasteiger partial charge is 0.475 e. The number of carbonyl (C=O) groups is 2. The zero-order chi connectivity index (χ0) is 14.2. The van der Waals surface area contributed by atoms with Gasteiger partial charge < -0.3 is 9.94 Å². The van der Waals surface area contributed by atoms with E-state index in [4.69, 9.17) is 9.94 Å². The van der Waals surface area contributed by atoms with E-state index in [1.807, 2.05) is 0 Å². The van der Waals surface area contributed by atoms with Crippen molar-refractivity contribution in [3.63, 3.8) is 0 Å². The highest BCUT2D eigenvalue weighted by Crippen LogP contribution is 2.15. The van der Waals surface area contributed by atoms with E-state index >= 15 is 0 Å². The molecule has 6 nitrogen and oxygen atoms in total. The fourth-order valence-electron chi connectivity index (χ4n) is 2.03. The number of carboxylic acids is 1. The smallest absolute Gasteiger partial charge is 0.377 e. The van der Waals surface area contributed by atoms with Gasteiger partial charge in [-0.25, -0.2) is 4.79 Å². The maximum absolute atomic E-state index is 12.2. The number of ketones is 1. The van der Waals surface area contributed by atoms with Crippen LogP contribution in [-0.4, -0.2) is 28.7 Å². The minimum atomic E-state index is -1.67. The number of nitrogens with zero attached hydrogens (tertiary/aromatic N) is 1. The molecule has 0 saturated heterocycles. The topological polar surface area (TPSA) is 85.6 Å². The van der Waals surface area contributed by atoms with E-state index in [1.165, 1.54) is 24.8 Å². The maximum atomic E-state index is 12.2. The van der Waals surface area contributed by atoms with Gasteiger partial charge in [-0.05, 0) is 19.1 Å². The molecule has 0 aliphatic carbocycles. The second kappa shape index (κ2) is 4.56. The number of fused-ring (bicyclic) bond motifs is 1. The van der Waals surface area contributed by atoms with Crippen molar-refractivity contribution in [2.45, 2.75) is 6.92 Å². The summed E-state index contributed by atoms with van der Waals surface area (Å²) in [7, 11) is 1.37. The Morgan fingerprint density at radius 1 is 1.26 bits per heavy atom. The van der Waals surface area contributed by atoms with Crippen LogP contribution in [0.2, 0.25) is 0 Å². The molecule has 0 fully saturated rings. The van der Waals surface area contributed by atoms with Crippen LogP contribution in [0.3, 0.4) is 0 Å². The predicted molar refractivity (Wildman–Crippen MR) is 67.4 cm³/mol. The molecule has 6 heteroatoms. The predicted octanol–water partition coefficient (Wildman–Crippen LogP) is 0.636. The molecule has 98 valence electrons. The molecule has 2 aromatic rings.